The fourth-order valence-corrected chi connectivity index (χ4v) is 4.51. The van der Waals surface area contributed by atoms with E-state index in [9.17, 15) is 0 Å². The van der Waals surface area contributed by atoms with Crippen molar-refractivity contribution in [3.8, 4) is 5.75 Å². The van der Waals surface area contributed by atoms with Crippen molar-refractivity contribution in [1.29, 1.82) is 0 Å². The number of nitrogens with one attached hydrogen (secondary N) is 1. The molecule has 0 spiro atoms. The van der Waals surface area contributed by atoms with Gasteiger partial charge in [-0.15, -0.1) is 22.7 Å². The summed E-state index contributed by atoms with van der Waals surface area (Å²) in [5.41, 5.74) is 0. The fraction of sp³-hybridized carbons (Fsp3) is 0.385. The molecule has 5 heteroatoms. The molecule has 2 aromatic heterocycles. The second-order valence-corrected chi connectivity index (χ2v) is 6.99. The van der Waals surface area contributed by atoms with Crippen LogP contribution in [-0.4, -0.2) is 13.7 Å². The van der Waals surface area contributed by atoms with Crippen LogP contribution in [0.3, 0.4) is 0 Å². The first kappa shape index (κ1) is 14.1. The van der Waals surface area contributed by atoms with Crippen molar-refractivity contribution in [1.82, 2.24) is 5.32 Å². The minimum absolute atomic E-state index is 0.222. The van der Waals surface area contributed by atoms with Crippen LogP contribution >= 0.6 is 38.6 Å². The first-order chi connectivity index (χ1) is 8.67. The normalized spacial score (nSPS) is 12.7. The van der Waals surface area contributed by atoms with Gasteiger partial charge < -0.3 is 10.1 Å². The second kappa shape index (κ2) is 6.19. The molecule has 2 rings (SSSR count). The van der Waals surface area contributed by atoms with Gasteiger partial charge in [0.25, 0.3) is 0 Å². The van der Waals surface area contributed by atoms with Gasteiger partial charge in [0, 0.05) is 14.2 Å². The lowest BCUT2D eigenvalue weighted by Gasteiger charge is -2.16. The number of aryl methyl sites for hydroxylation is 1. The van der Waals surface area contributed by atoms with E-state index in [1.54, 1.807) is 18.4 Å². The highest BCUT2D eigenvalue weighted by Gasteiger charge is 2.21. The highest BCUT2D eigenvalue weighted by atomic mass is 79.9. The average Bonchev–Trinajstić information content (AvgIpc) is 2.94. The number of thiophene rings is 2. The van der Waals surface area contributed by atoms with Crippen molar-refractivity contribution >= 4 is 38.6 Å². The van der Waals surface area contributed by atoms with Crippen LogP contribution in [0.15, 0.2) is 22.0 Å². The van der Waals surface area contributed by atoms with Gasteiger partial charge >= 0.3 is 0 Å². The maximum atomic E-state index is 5.43. The second-order valence-electron chi connectivity index (χ2n) is 3.90. The molecule has 0 bridgehead atoms. The van der Waals surface area contributed by atoms with E-state index in [1.165, 1.54) is 19.1 Å². The highest BCUT2D eigenvalue weighted by molar-refractivity contribution is 9.10. The first-order valence-electron chi connectivity index (χ1n) is 5.78. The first-order valence-corrected chi connectivity index (χ1v) is 8.26. The third kappa shape index (κ3) is 2.79. The Kier molecular flexibility index (Phi) is 4.84. The van der Waals surface area contributed by atoms with Crippen LogP contribution in [0.4, 0.5) is 0 Å². The van der Waals surface area contributed by atoms with Crippen LogP contribution in [0.25, 0.3) is 0 Å². The predicted octanol–water partition coefficient (Wildman–Crippen LogP) is 4.59. The third-order valence-corrected chi connectivity index (χ3v) is 5.87. The molecule has 0 radical (unpaired) electrons. The zero-order chi connectivity index (χ0) is 13.1. The Hall–Kier alpha value is -0.360. The zero-order valence-corrected chi connectivity index (χ0v) is 13.8. The molecule has 2 aromatic rings. The van der Waals surface area contributed by atoms with Crippen molar-refractivity contribution in [2.75, 3.05) is 13.7 Å². The van der Waals surface area contributed by atoms with Crippen molar-refractivity contribution in [3.63, 3.8) is 0 Å². The summed E-state index contributed by atoms with van der Waals surface area (Å²) in [5, 5.41) is 5.61. The molecule has 0 amide bonds. The monoisotopic (exact) mass is 345 g/mol. The van der Waals surface area contributed by atoms with Crippen molar-refractivity contribution < 1.29 is 4.74 Å². The Balaban J connectivity index is 2.39. The number of rotatable bonds is 5. The molecule has 18 heavy (non-hydrogen) atoms. The SMILES string of the molecule is CCNC(c1cc(Br)c(C)s1)c1sccc1OC. The van der Waals surface area contributed by atoms with Crippen LogP contribution in [0.5, 0.6) is 5.75 Å². The number of ether oxygens (including phenoxy) is 1. The number of methoxy groups -OCH3 is 1. The Labute approximate surface area is 124 Å². The van der Waals surface area contributed by atoms with Crippen molar-refractivity contribution in [3.05, 3.63) is 36.6 Å². The summed E-state index contributed by atoms with van der Waals surface area (Å²) >= 11 is 7.15. The van der Waals surface area contributed by atoms with Gasteiger partial charge in [0.1, 0.15) is 5.75 Å². The highest BCUT2D eigenvalue weighted by Crippen LogP contribution is 2.39. The van der Waals surface area contributed by atoms with Gasteiger partial charge in [-0.2, -0.15) is 0 Å². The number of hydrogen-bond donors (Lipinski definition) is 1. The van der Waals surface area contributed by atoms with E-state index in [2.05, 4.69) is 46.5 Å². The molecule has 1 N–H and O–H groups in total. The summed E-state index contributed by atoms with van der Waals surface area (Å²) < 4.78 is 6.62. The van der Waals surface area contributed by atoms with E-state index in [4.69, 9.17) is 4.74 Å². The van der Waals surface area contributed by atoms with E-state index < -0.39 is 0 Å². The van der Waals surface area contributed by atoms with Gasteiger partial charge in [-0.3, -0.25) is 0 Å². The van der Waals surface area contributed by atoms with Gasteiger partial charge in [0.05, 0.1) is 18.0 Å². The molecule has 2 heterocycles. The summed E-state index contributed by atoms with van der Waals surface area (Å²) in [6.07, 6.45) is 0. The van der Waals surface area contributed by atoms with Crippen LogP contribution in [0, 0.1) is 6.92 Å². The molecule has 0 fully saturated rings. The Morgan fingerprint density at radius 1 is 1.50 bits per heavy atom. The topological polar surface area (TPSA) is 21.3 Å². The third-order valence-electron chi connectivity index (χ3n) is 2.71. The van der Waals surface area contributed by atoms with E-state index in [0.717, 1.165) is 12.3 Å². The average molecular weight is 346 g/mol. The summed E-state index contributed by atoms with van der Waals surface area (Å²) in [5.74, 6) is 0.966. The lowest BCUT2D eigenvalue weighted by atomic mass is 10.2. The maximum absolute atomic E-state index is 5.43. The molecule has 0 aliphatic heterocycles. The molecular weight excluding hydrogens is 330 g/mol. The largest absolute Gasteiger partial charge is 0.496 e. The molecule has 0 saturated carbocycles. The number of hydrogen-bond acceptors (Lipinski definition) is 4. The Morgan fingerprint density at radius 3 is 2.83 bits per heavy atom. The molecule has 0 aliphatic carbocycles. The van der Waals surface area contributed by atoms with Crippen LogP contribution in [0.2, 0.25) is 0 Å². The van der Waals surface area contributed by atoms with Gasteiger partial charge in [-0.25, -0.2) is 0 Å². The quantitative estimate of drug-likeness (QED) is 0.855. The molecule has 2 nitrogen and oxygen atoms in total. The maximum Gasteiger partial charge on any atom is 0.134 e. The van der Waals surface area contributed by atoms with Crippen LogP contribution in [-0.2, 0) is 0 Å². The zero-order valence-electron chi connectivity index (χ0n) is 10.6. The summed E-state index contributed by atoms with van der Waals surface area (Å²) in [6, 6.07) is 4.45. The minimum atomic E-state index is 0.222. The summed E-state index contributed by atoms with van der Waals surface area (Å²) in [4.78, 5) is 3.87. The van der Waals surface area contributed by atoms with Gasteiger partial charge in [0.2, 0.25) is 0 Å². The Bertz CT molecular complexity index is 501. The van der Waals surface area contributed by atoms with Gasteiger partial charge in [0.15, 0.2) is 0 Å². The molecule has 1 atom stereocenters. The van der Waals surface area contributed by atoms with Crippen LogP contribution in [0.1, 0.15) is 27.6 Å². The standard InChI is InChI=1S/C13H16BrNOS2/c1-4-15-12(11-7-9(14)8(2)18-11)13-10(16-3)5-6-17-13/h5-7,12,15H,4H2,1-3H3. The molecule has 98 valence electrons. The predicted molar refractivity (Wildman–Crippen MR) is 83.1 cm³/mol. The lowest BCUT2D eigenvalue weighted by molar-refractivity contribution is 0.408. The van der Waals surface area contributed by atoms with Crippen molar-refractivity contribution in [2.24, 2.45) is 0 Å². The molecule has 0 aromatic carbocycles. The van der Waals surface area contributed by atoms with E-state index in [-0.39, 0.29) is 6.04 Å². The minimum Gasteiger partial charge on any atom is -0.496 e. The number of halogens is 1. The van der Waals surface area contributed by atoms with Crippen LogP contribution < -0.4 is 10.1 Å². The molecule has 0 saturated heterocycles. The van der Waals surface area contributed by atoms with Gasteiger partial charge in [-0.05, 0) is 46.9 Å². The fourth-order valence-electron chi connectivity index (χ4n) is 1.84. The van der Waals surface area contributed by atoms with Gasteiger partial charge in [-0.1, -0.05) is 6.92 Å². The lowest BCUT2D eigenvalue weighted by Crippen LogP contribution is -2.20. The molecular formula is C13H16BrNOS2. The summed E-state index contributed by atoms with van der Waals surface area (Å²) in [7, 11) is 1.73. The summed E-state index contributed by atoms with van der Waals surface area (Å²) in [6.45, 7) is 5.19. The van der Waals surface area contributed by atoms with Crippen molar-refractivity contribution in [2.45, 2.75) is 19.9 Å². The smallest absolute Gasteiger partial charge is 0.134 e. The Morgan fingerprint density at radius 2 is 2.28 bits per heavy atom. The molecule has 0 aliphatic rings. The van der Waals surface area contributed by atoms with E-state index in [1.807, 2.05) is 17.4 Å². The van der Waals surface area contributed by atoms with E-state index >= 15 is 0 Å². The molecule has 1 unspecified atom stereocenters. The van der Waals surface area contributed by atoms with E-state index in [0.29, 0.717) is 0 Å².